The molecule has 4 aromatic carbocycles. The van der Waals surface area contributed by atoms with Crippen molar-refractivity contribution in [3.05, 3.63) is 121 Å². The van der Waals surface area contributed by atoms with Gasteiger partial charge < -0.3 is 8.85 Å². The Labute approximate surface area is 358 Å². The highest BCUT2D eigenvalue weighted by Crippen LogP contribution is 2.42. The van der Waals surface area contributed by atoms with E-state index in [0.29, 0.717) is 17.6 Å². The van der Waals surface area contributed by atoms with Crippen LogP contribution in [0.2, 0.25) is 10.1 Å². The quantitative estimate of drug-likeness (QED) is 0.125. The van der Waals surface area contributed by atoms with Crippen LogP contribution in [0.1, 0.15) is 153 Å². The maximum Gasteiger partial charge on any atom is 0.261 e. The van der Waals surface area contributed by atoms with Crippen molar-refractivity contribution in [3.63, 3.8) is 0 Å². The van der Waals surface area contributed by atoms with E-state index in [1.165, 1.54) is 104 Å². The molecule has 4 unspecified atom stereocenters. The van der Waals surface area contributed by atoms with E-state index in [-0.39, 0.29) is 10.1 Å². The topological polar surface area (TPSA) is 18.5 Å². The molecule has 0 heterocycles. The van der Waals surface area contributed by atoms with Crippen LogP contribution in [-0.2, 0) is 8.85 Å². The lowest BCUT2D eigenvalue weighted by Gasteiger charge is -2.46. The highest BCUT2D eigenvalue weighted by atomic mass is 28.4. The summed E-state index contributed by atoms with van der Waals surface area (Å²) in [5, 5.41) is 5.76. The molecule has 2 fully saturated rings. The van der Waals surface area contributed by atoms with E-state index in [2.05, 4.69) is 191 Å². The first-order chi connectivity index (χ1) is 27.6. The van der Waals surface area contributed by atoms with E-state index >= 15 is 0 Å². The Kier molecular flexibility index (Phi) is 16.5. The molecule has 0 saturated heterocycles. The normalized spacial score (nSPS) is 20.9. The fraction of sp³-hybridized carbons (Fsp3) is 0.556. The fourth-order valence-corrected chi connectivity index (χ4v) is 19.7. The van der Waals surface area contributed by atoms with Gasteiger partial charge in [-0.1, -0.05) is 236 Å². The third-order valence-electron chi connectivity index (χ3n) is 13.3. The summed E-state index contributed by atoms with van der Waals surface area (Å²) in [6.45, 7) is 23.7. The van der Waals surface area contributed by atoms with Gasteiger partial charge in [0.1, 0.15) is 0 Å². The predicted molar refractivity (Wildman–Crippen MR) is 257 cm³/mol. The molecule has 6 rings (SSSR count). The maximum absolute atomic E-state index is 7.42. The van der Waals surface area contributed by atoms with E-state index in [1.54, 1.807) is 0 Å². The Hall–Kier alpha value is -2.77. The van der Waals surface area contributed by atoms with Gasteiger partial charge in [-0.15, -0.1) is 0 Å². The van der Waals surface area contributed by atoms with Crippen LogP contribution in [0.4, 0.5) is 0 Å². The molecule has 316 valence electrons. The number of hydrogen-bond acceptors (Lipinski definition) is 2. The molecular weight excluding hydrogens is 737 g/mol. The molecule has 4 atom stereocenters. The van der Waals surface area contributed by atoms with Crippen LogP contribution in [0.5, 0.6) is 0 Å². The van der Waals surface area contributed by atoms with E-state index in [4.69, 9.17) is 8.85 Å². The van der Waals surface area contributed by atoms with Crippen LogP contribution < -0.4 is 20.7 Å². The lowest BCUT2D eigenvalue weighted by Crippen LogP contribution is -2.67. The standard InChI is InChI=1S/C28H42OSi.C26H38OSi/c1-27(2,3)21-20-23-14-13-15-24(22-23)29-30(28(4,5)6,25-16-9-7-10-17-25)26-18-11-8-12-19-26;1-5-6-14-22-15-13-16-23(21-22)27-28(26(2,3)4,24-17-9-7-10-18-24)25-19-11-8-12-20-25/h7-12,16-19,23-24H,13-15,20-22H2,1-6H3;7-12,17-20,22-23H,5-6,13-16,21H2,1-4H3. The fourth-order valence-electron chi connectivity index (χ4n) is 10.2. The Morgan fingerprint density at radius 1 is 0.466 bits per heavy atom. The average Bonchev–Trinajstić information content (AvgIpc) is 3.21. The number of hydrogen-bond donors (Lipinski definition) is 0. The van der Waals surface area contributed by atoms with E-state index in [0.717, 1.165) is 11.8 Å². The van der Waals surface area contributed by atoms with Gasteiger partial charge in [0.15, 0.2) is 0 Å². The summed E-state index contributed by atoms with van der Waals surface area (Å²) in [5.74, 6) is 1.65. The summed E-state index contributed by atoms with van der Waals surface area (Å²) < 4.78 is 14.8. The molecule has 2 aliphatic carbocycles. The third kappa shape index (κ3) is 11.7. The monoisotopic (exact) mass is 817 g/mol. The molecule has 4 aromatic rings. The van der Waals surface area contributed by atoms with Crippen molar-refractivity contribution >= 4 is 37.4 Å². The van der Waals surface area contributed by atoms with Crippen molar-refractivity contribution in [2.24, 2.45) is 17.3 Å². The second-order valence-electron chi connectivity index (χ2n) is 21.1. The summed E-state index contributed by atoms with van der Waals surface area (Å²) in [6, 6.07) is 44.4. The molecule has 0 aliphatic heterocycles. The van der Waals surface area contributed by atoms with Gasteiger partial charge in [-0.3, -0.25) is 0 Å². The van der Waals surface area contributed by atoms with E-state index < -0.39 is 16.6 Å². The van der Waals surface area contributed by atoms with Crippen molar-refractivity contribution in [3.8, 4) is 0 Å². The maximum atomic E-state index is 7.42. The molecule has 2 saturated carbocycles. The minimum Gasteiger partial charge on any atom is -0.404 e. The molecular formula is C54H80O2Si2. The van der Waals surface area contributed by atoms with Gasteiger partial charge in [0.05, 0.1) is 0 Å². The Morgan fingerprint density at radius 2 is 0.793 bits per heavy atom. The van der Waals surface area contributed by atoms with Crippen LogP contribution in [0.3, 0.4) is 0 Å². The molecule has 58 heavy (non-hydrogen) atoms. The largest absolute Gasteiger partial charge is 0.404 e. The molecule has 0 radical (unpaired) electrons. The van der Waals surface area contributed by atoms with Crippen LogP contribution in [-0.4, -0.2) is 28.8 Å². The first kappa shape index (κ1) is 46.3. The zero-order valence-corrected chi connectivity index (χ0v) is 40.4. The van der Waals surface area contributed by atoms with Gasteiger partial charge in [0, 0.05) is 12.2 Å². The summed E-state index contributed by atoms with van der Waals surface area (Å²) in [4.78, 5) is 0. The van der Waals surface area contributed by atoms with Crippen molar-refractivity contribution in [1.29, 1.82) is 0 Å². The molecule has 0 N–H and O–H groups in total. The van der Waals surface area contributed by atoms with Gasteiger partial charge in [-0.05, 0) is 86.6 Å². The molecule has 0 bridgehead atoms. The van der Waals surface area contributed by atoms with E-state index in [1.807, 2.05) is 0 Å². The Bertz CT molecular complexity index is 1660. The summed E-state index contributed by atoms with van der Waals surface area (Å²) >= 11 is 0. The first-order valence-corrected chi connectivity index (χ1v) is 27.0. The third-order valence-corrected chi connectivity index (χ3v) is 23.4. The Balaban J connectivity index is 0.000000221. The molecule has 0 amide bonds. The summed E-state index contributed by atoms with van der Waals surface area (Å²) in [6.07, 6.45) is 17.7. The molecule has 4 heteroatoms. The van der Waals surface area contributed by atoms with E-state index in [9.17, 15) is 0 Å². The zero-order valence-electron chi connectivity index (χ0n) is 38.4. The average molecular weight is 817 g/mol. The van der Waals surface area contributed by atoms with Crippen LogP contribution >= 0.6 is 0 Å². The highest BCUT2D eigenvalue weighted by Gasteiger charge is 2.53. The first-order valence-electron chi connectivity index (χ1n) is 23.2. The van der Waals surface area contributed by atoms with Crippen LogP contribution in [0.25, 0.3) is 0 Å². The second kappa shape index (κ2) is 20.7. The molecule has 2 nitrogen and oxygen atoms in total. The zero-order chi connectivity index (χ0) is 41.9. The van der Waals surface area contributed by atoms with Crippen molar-refractivity contribution in [2.75, 3.05) is 0 Å². The Morgan fingerprint density at radius 3 is 1.09 bits per heavy atom. The minimum absolute atomic E-state index is 0.0636. The van der Waals surface area contributed by atoms with Crippen LogP contribution in [0, 0.1) is 17.3 Å². The predicted octanol–water partition coefficient (Wildman–Crippen LogP) is 13.3. The smallest absolute Gasteiger partial charge is 0.261 e. The minimum atomic E-state index is -2.43. The van der Waals surface area contributed by atoms with Crippen LogP contribution in [0.15, 0.2) is 121 Å². The molecule has 0 spiro atoms. The van der Waals surface area contributed by atoms with Gasteiger partial charge in [0.2, 0.25) is 0 Å². The van der Waals surface area contributed by atoms with Crippen molar-refractivity contribution in [1.82, 2.24) is 0 Å². The van der Waals surface area contributed by atoms with Gasteiger partial charge in [-0.25, -0.2) is 0 Å². The van der Waals surface area contributed by atoms with Gasteiger partial charge >= 0.3 is 0 Å². The van der Waals surface area contributed by atoms with Gasteiger partial charge in [0.25, 0.3) is 16.6 Å². The van der Waals surface area contributed by atoms with Crippen molar-refractivity contribution < 1.29 is 8.85 Å². The molecule has 0 aromatic heterocycles. The molecule has 2 aliphatic rings. The lowest BCUT2D eigenvalue weighted by atomic mass is 9.80. The summed E-state index contributed by atoms with van der Waals surface area (Å²) in [7, 11) is -4.82. The second-order valence-corrected chi connectivity index (χ2v) is 29.6. The number of rotatable bonds is 13. The summed E-state index contributed by atoms with van der Waals surface area (Å²) in [5.41, 5.74) is 0.422. The lowest BCUT2D eigenvalue weighted by molar-refractivity contribution is 0.106. The number of benzene rings is 4. The number of unbranched alkanes of at least 4 members (excludes halogenated alkanes) is 1. The highest BCUT2D eigenvalue weighted by molar-refractivity contribution is 7.00. The SMILES string of the molecule is CC(C)(C)CCC1CCCC(O[Si](c2ccccc2)(c2ccccc2)C(C)(C)C)C1.CCCCC1CCCC(O[Si](c2ccccc2)(c2ccccc2)C(C)(C)C)C1. The van der Waals surface area contributed by atoms with Crippen molar-refractivity contribution in [2.45, 2.75) is 175 Å². The van der Waals surface area contributed by atoms with Gasteiger partial charge in [-0.2, -0.15) is 0 Å².